The molecule has 2 N–H and O–H groups in total. The number of thioether (sulfide) groups is 1. The first-order chi connectivity index (χ1) is 9.09. The van der Waals surface area contributed by atoms with Gasteiger partial charge in [-0.3, -0.25) is 0 Å². The van der Waals surface area contributed by atoms with Crippen molar-refractivity contribution >= 4 is 45.0 Å². The van der Waals surface area contributed by atoms with Gasteiger partial charge in [0.25, 0.3) is 0 Å². The van der Waals surface area contributed by atoms with Crippen molar-refractivity contribution in [1.82, 2.24) is 4.72 Å². The lowest BCUT2D eigenvalue weighted by Crippen LogP contribution is -2.42. The molecule has 0 spiro atoms. The maximum atomic E-state index is 12.2. The fourth-order valence-electron chi connectivity index (χ4n) is 1.53. The van der Waals surface area contributed by atoms with Gasteiger partial charge in [-0.15, -0.1) is 0 Å². The number of aliphatic hydroxyl groups is 1. The third-order valence-corrected chi connectivity index (χ3v) is 5.78. The summed E-state index contributed by atoms with van der Waals surface area (Å²) in [6.07, 6.45) is 1.84. The van der Waals surface area contributed by atoms with Gasteiger partial charge in [0.2, 0.25) is 10.0 Å². The average molecular weight is 358 g/mol. The van der Waals surface area contributed by atoms with Crippen LogP contribution in [0, 0.1) is 6.92 Å². The third-order valence-electron chi connectivity index (χ3n) is 2.60. The molecule has 0 aliphatic carbocycles. The summed E-state index contributed by atoms with van der Waals surface area (Å²) in [4.78, 5) is -0.0407. The van der Waals surface area contributed by atoms with E-state index in [0.29, 0.717) is 16.3 Å². The quantitative estimate of drug-likeness (QED) is 0.821. The number of hydrogen-bond donors (Lipinski definition) is 2. The lowest BCUT2D eigenvalue weighted by molar-refractivity contribution is 0.0908. The second-order valence-corrected chi connectivity index (χ2v) is 8.20. The molecule has 20 heavy (non-hydrogen) atoms. The summed E-state index contributed by atoms with van der Waals surface area (Å²) in [5.74, 6) is 0.420. The fraction of sp³-hybridized carbons (Fsp3) is 0.500. The number of rotatable bonds is 6. The van der Waals surface area contributed by atoms with Crippen LogP contribution in [0.15, 0.2) is 17.0 Å². The molecule has 1 aromatic rings. The van der Waals surface area contributed by atoms with Crippen LogP contribution >= 0.6 is 35.0 Å². The van der Waals surface area contributed by atoms with Crippen LogP contribution in [0.25, 0.3) is 0 Å². The van der Waals surface area contributed by atoms with Gasteiger partial charge < -0.3 is 5.11 Å². The van der Waals surface area contributed by atoms with E-state index in [1.807, 2.05) is 6.26 Å². The van der Waals surface area contributed by atoms with Crippen molar-refractivity contribution in [1.29, 1.82) is 0 Å². The monoisotopic (exact) mass is 357 g/mol. The second-order valence-electron chi connectivity index (χ2n) is 4.79. The zero-order valence-corrected chi connectivity index (χ0v) is 14.5. The molecule has 1 unspecified atom stereocenters. The minimum absolute atomic E-state index is 0.0407. The third kappa shape index (κ3) is 4.79. The largest absolute Gasteiger partial charge is 0.388 e. The smallest absolute Gasteiger partial charge is 0.242 e. The van der Waals surface area contributed by atoms with Gasteiger partial charge in [0, 0.05) is 17.3 Å². The van der Waals surface area contributed by atoms with E-state index in [1.54, 1.807) is 13.8 Å². The van der Waals surface area contributed by atoms with Crippen molar-refractivity contribution < 1.29 is 13.5 Å². The SMILES string of the molecule is CSCC(C)(O)CNS(=O)(=O)c1cc(C)c(Cl)cc1Cl. The highest BCUT2D eigenvalue weighted by Gasteiger charge is 2.25. The Morgan fingerprint density at radius 2 is 1.95 bits per heavy atom. The van der Waals surface area contributed by atoms with Crippen LogP contribution in [0.1, 0.15) is 12.5 Å². The van der Waals surface area contributed by atoms with E-state index in [4.69, 9.17) is 23.2 Å². The number of nitrogens with one attached hydrogen (secondary N) is 1. The van der Waals surface area contributed by atoms with Crippen LogP contribution in [0.2, 0.25) is 10.0 Å². The molecule has 1 atom stereocenters. The van der Waals surface area contributed by atoms with E-state index in [-0.39, 0.29) is 16.5 Å². The highest BCUT2D eigenvalue weighted by Crippen LogP contribution is 2.28. The van der Waals surface area contributed by atoms with Crippen LogP contribution in [0.3, 0.4) is 0 Å². The number of aryl methyl sites for hydroxylation is 1. The minimum atomic E-state index is -3.79. The lowest BCUT2D eigenvalue weighted by atomic mass is 10.1. The van der Waals surface area contributed by atoms with Crippen molar-refractivity contribution in [3.63, 3.8) is 0 Å². The molecule has 0 fully saturated rings. The summed E-state index contributed by atoms with van der Waals surface area (Å²) < 4.78 is 26.8. The first-order valence-corrected chi connectivity index (χ1v) is 9.39. The van der Waals surface area contributed by atoms with E-state index in [9.17, 15) is 13.5 Å². The summed E-state index contributed by atoms with van der Waals surface area (Å²) in [7, 11) is -3.79. The van der Waals surface area contributed by atoms with Gasteiger partial charge in [-0.2, -0.15) is 11.8 Å². The van der Waals surface area contributed by atoms with E-state index < -0.39 is 15.6 Å². The summed E-state index contributed by atoms with van der Waals surface area (Å²) in [5, 5.41) is 10.5. The summed E-state index contributed by atoms with van der Waals surface area (Å²) in [6.45, 7) is 3.18. The van der Waals surface area contributed by atoms with Gasteiger partial charge in [-0.25, -0.2) is 13.1 Å². The fourth-order valence-corrected chi connectivity index (χ4v) is 4.24. The van der Waals surface area contributed by atoms with Crippen molar-refractivity contribution in [3.05, 3.63) is 27.7 Å². The molecule has 1 rings (SSSR count). The number of halogens is 2. The summed E-state index contributed by atoms with van der Waals surface area (Å²) >= 11 is 13.2. The maximum absolute atomic E-state index is 12.2. The van der Waals surface area contributed by atoms with Crippen LogP contribution in [-0.2, 0) is 10.0 Å². The van der Waals surface area contributed by atoms with E-state index in [2.05, 4.69) is 4.72 Å². The normalized spacial score (nSPS) is 15.1. The molecule has 0 heterocycles. The second kappa shape index (κ2) is 6.85. The molecule has 0 amide bonds. The Morgan fingerprint density at radius 3 is 2.50 bits per heavy atom. The molecule has 0 aliphatic heterocycles. The molecule has 8 heteroatoms. The van der Waals surface area contributed by atoms with Gasteiger partial charge in [0.15, 0.2) is 0 Å². The molecule has 0 saturated heterocycles. The highest BCUT2D eigenvalue weighted by molar-refractivity contribution is 7.98. The highest BCUT2D eigenvalue weighted by atomic mass is 35.5. The molecule has 0 aromatic heterocycles. The minimum Gasteiger partial charge on any atom is -0.388 e. The molecule has 0 bridgehead atoms. The Morgan fingerprint density at radius 1 is 1.35 bits per heavy atom. The molecular weight excluding hydrogens is 341 g/mol. The van der Waals surface area contributed by atoms with Gasteiger partial charge in [0.05, 0.1) is 10.6 Å². The average Bonchev–Trinajstić information content (AvgIpc) is 2.31. The van der Waals surface area contributed by atoms with Gasteiger partial charge in [-0.1, -0.05) is 23.2 Å². The summed E-state index contributed by atoms with van der Waals surface area (Å²) in [5.41, 5.74) is -0.507. The van der Waals surface area contributed by atoms with Crippen LogP contribution < -0.4 is 4.72 Å². The molecule has 1 aromatic carbocycles. The molecule has 4 nitrogen and oxygen atoms in total. The van der Waals surface area contributed by atoms with Crippen molar-refractivity contribution in [2.45, 2.75) is 24.3 Å². The van der Waals surface area contributed by atoms with Crippen molar-refractivity contribution in [2.75, 3.05) is 18.6 Å². The number of benzene rings is 1. The van der Waals surface area contributed by atoms with E-state index >= 15 is 0 Å². The van der Waals surface area contributed by atoms with Gasteiger partial charge in [-0.05, 0) is 37.8 Å². The van der Waals surface area contributed by atoms with E-state index in [0.717, 1.165) is 0 Å². The first kappa shape index (κ1) is 18.1. The van der Waals surface area contributed by atoms with Crippen LogP contribution in [-0.4, -0.2) is 37.7 Å². The molecular formula is C12H17Cl2NO3S2. The molecule has 0 radical (unpaired) electrons. The van der Waals surface area contributed by atoms with Crippen LogP contribution in [0.4, 0.5) is 0 Å². The Balaban J connectivity index is 2.98. The molecule has 0 saturated carbocycles. The standard InChI is InChI=1S/C12H17Cl2NO3S2/c1-8-4-11(10(14)5-9(8)13)20(17,18)15-6-12(2,16)7-19-3/h4-5,15-16H,6-7H2,1-3H3. The zero-order valence-electron chi connectivity index (χ0n) is 11.4. The van der Waals surface area contributed by atoms with Crippen LogP contribution in [0.5, 0.6) is 0 Å². The summed E-state index contributed by atoms with van der Waals surface area (Å²) in [6, 6.07) is 2.81. The number of sulfonamides is 1. The van der Waals surface area contributed by atoms with E-state index in [1.165, 1.54) is 23.9 Å². The lowest BCUT2D eigenvalue weighted by Gasteiger charge is -2.22. The predicted molar refractivity (Wildman–Crippen MR) is 85.4 cm³/mol. The Kier molecular flexibility index (Phi) is 6.19. The predicted octanol–water partition coefficient (Wildman–Crippen LogP) is 2.69. The Hall–Kier alpha value is 0.0200. The maximum Gasteiger partial charge on any atom is 0.242 e. The molecule has 0 aliphatic rings. The first-order valence-electron chi connectivity index (χ1n) is 5.76. The molecule has 114 valence electrons. The number of hydrogen-bond acceptors (Lipinski definition) is 4. The Bertz CT molecular complexity index is 589. The Labute approximate surface area is 133 Å². The zero-order chi connectivity index (χ0) is 15.6. The topological polar surface area (TPSA) is 66.4 Å². The van der Waals surface area contributed by atoms with Crippen molar-refractivity contribution in [3.8, 4) is 0 Å². The van der Waals surface area contributed by atoms with Gasteiger partial charge in [0.1, 0.15) is 4.90 Å². The van der Waals surface area contributed by atoms with Crippen molar-refractivity contribution in [2.24, 2.45) is 0 Å². The van der Waals surface area contributed by atoms with Gasteiger partial charge >= 0.3 is 0 Å².